The van der Waals surface area contributed by atoms with Gasteiger partial charge in [0, 0.05) is 18.2 Å². The maximum atomic E-state index is 13.3. The van der Waals surface area contributed by atoms with Gasteiger partial charge in [-0.25, -0.2) is 4.39 Å². The number of para-hydroxylation sites is 1. The van der Waals surface area contributed by atoms with Crippen LogP contribution >= 0.6 is 0 Å². The molecule has 0 amide bonds. The molecule has 1 heterocycles. The minimum Gasteiger partial charge on any atom is -0.384 e. The van der Waals surface area contributed by atoms with Crippen LogP contribution < -0.4 is 5.32 Å². The van der Waals surface area contributed by atoms with Gasteiger partial charge in [-0.3, -0.25) is 0 Å². The van der Waals surface area contributed by atoms with Gasteiger partial charge in [-0.15, -0.1) is 0 Å². The van der Waals surface area contributed by atoms with E-state index in [1.165, 1.54) is 16.8 Å². The van der Waals surface area contributed by atoms with Crippen LogP contribution in [-0.4, -0.2) is 6.54 Å². The van der Waals surface area contributed by atoms with Crippen molar-refractivity contribution in [3.63, 3.8) is 0 Å². The van der Waals surface area contributed by atoms with Crippen LogP contribution in [0.2, 0.25) is 0 Å². The van der Waals surface area contributed by atoms with Crippen molar-refractivity contribution < 1.29 is 4.39 Å². The Bertz CT molecular complexity index is 577. The molecule has 0 spiro atoms. The first kappa shape index (κ1) is 11.3. The fourth-order valence-corrected chi connectivity index (χ4v) is 2.60. The monoisotopic (exact) mass is 241 g/mol. The SMILES string of the molecule is Cc1cc(C2CNc3ccccc3C2)ccc1F. The van der Waals surface area contributed by atoms with Crippen molar-refractivity contribution in [3.05, 3.63) is 65.0 Å². The molecular weight excluding hydrogens is 225 g/mol. The second-order valence-electron chi connectivity index (χ2n) is 4.95. The van der Waals surface area contributed by atoms with Gasteiger partial charge in [0.2, 0.25) is 0 Å². The number of aryl methyl sites for hydroxylation is 1. The van der Waals surface area contributed by atoms with Crippen molar-refractivity contribution in [2.24, 2.45) is 0 Å². The van der Waals surface area contributed by atoms with Crippen molar-refractivity contribution in [2.45, 2.75) is 19.3 Å². The minimum atomic E-state index is -0.122. The van der Waals surface area contributed by atoms with Crippen molar-refractivity contribution in [3.8, 4) is 0 Å². The van der Waals surface area contributed by atoms with Gasteiger partial charge in [-0.2, -0.15) is 0 Å². The number of nitrogens with one attached hydrogen (secondary N) is 1. The van der Waals surface area contributed by atoms with Crippen LogP contribution in [0.15, 0.2) is 42.5 Å². The summed E-state index contributed by atoms with van der Waals surface area (Å²) < 4.78 is 13.3. The molecule has 0 radical (unpaired) electrons. The van der Waals surface area contributed by atoms with E-state index in [1.54, 1.807) is 6.07 Å². The summed E-state index contributed by atoms with van der Waals surface area (Å²) in [5.41, 5.74) is 4.52. The fourth-order valence-electron chi connectivity index (χ4n) is 2.60. The van der Waals surface area contributed by atoms with E-state index in [0.717, 1.165) is 18.5 Å². The van der Waals surface area contributed by atoms with E-state index in [9.17, 15) is 4.39 Å². The Kier molecular flexibility index (Phi) is 2.78. The van der Waals surface area contributed by atoms with Crippen LogP contribution in [0.25, 0.3) is 0 Å². The fraction of sp³-hybridized carbons (Fsp3) is 0.250. The van der Waals surface area contributed by atoms with Crippen molar-refractivity contribution in [1.82, 2.24) is 0 Å². The molecule has 0 aliphatic carbocycles. The molecule has 1 nitrogen and oxygen atoms in total. The number of halogens is 1. The summed E-state index contributed by atoms with van der Waals surface area (Å²) in [6.07, 6.45) is 1.02. The van der Waals surface area contributed by atoms with E-state index in [4.69, 9.17) is 0 Å². The van der Waals surface area contributed by atoms with Crippen LogP contribution in [0.5, 0.6) is 0 Å². The van der Waals surface area contributed by atoms with Gasteiger partial charge < -0.3 is 5.32 Å². The van der Waals surface area contributed by atoms with E-state index >= 15 is 0 Å². The third-order valence-electron chi connectivity index (χ3n) is 3.68. The smallest absolute Gasteiger partial charge is 0.126 e. The average molecular weight is 241 g/mol. The molecule has 2 heteroatoms. The Labute approximate surface area is 107 Å². The Morgan fingerprint density at radius 1 is 1.17 bits per heavy atom. The van der Waals surface area contributed by atoms with Crippen LogP contribution in [0.1, 0.15) is 22.6 Å². The molecule has 92 valence electrons. The Morgan fingerprint density at radius 2 is 2.00 bits per heavy atom. The quantitative estimate of drug-likeness (QED) is 0.798. The summed E-state index contributed by atoms with van der Waals surface area (Å²) >= 11 is 0. The highest BCUT2D eigenvalue weighted by Gasteiger charge is 2.19. The topological polar surface area (TPSA) is 12.0 Å². The largest absolute Gasteiger partial charge is 0.384 e. The molecule has 3 rings (SSSR count). The predicted molar refractivity (Wildman–Crippen MR) is 72.5 cm³/mol. The van der Waals surface area contributed by atoms with Crippen LogP contribution in [0.4, 0.5) is 10.1 Å². The number of fused-ring (bicyclic) bond motifs is 1. The van der Waals surface area contributed by atoms with Gasteiger partial charge in [0.15, 0.2) is 0 Å². The van der Waals surface area contributed by atoms with E-state index in [0.29, 0.717) is 5.92 Å². The standard InChI is InChI=1S/C16H16FN/c1-11-8-12(6-7-15(11)17)14-9-13-4-2-3-5-16(13)18-10-14/h2-8,14,18H,9-10H2,1H3. The normalized spacial score (nSPS) is 18.0. The zero-order valence-electron chi connectivity index (χ0n) is 10.4. The Morgan fingerprint density at radius 3 is 2.83 bits per heavy atom. The van der Waals surface area contributed by atoms with Crippen molar-refractivity contribution in [2.75, 3.05) is 11.9 Å². The first-order valence-electron chi connectivity index (χ1n) is 6.32. The molecule has 1 atom stereocenters. The molecule has 18 heavy (non-hydrogen) atoms. The van der Waals surface area contributed by atoms with Gasteiger partial charge >= 0.3 is 0 Å². The summed E-state index contributed by atoms with van der Waals surface area (Å²) in [6.45, 7) is 2.74. The van der Waals surface area contributed by atoms with E-state index in [-0.39, 0.29) is 5.82 Å². The van der Waals surface area contributed by atoms with Gasteiger partial charge in [0.1, 0.15) is 5.82 Å². The molecule has 0 saturated heterocycles. The lowest BCUT2D eigenvalue weighted by Crippen LogP contribution is -2.21. The molecule has 2 aromatic carbocycles. The minimum absolute atomic E-state index is 0.122. The predicted octanol–water partition coefficient (Wildman–Crippen LogP) is 3.89. The highest BCUT2D eigenvalue weighted by atomic mass is 19.1. The zero-order valence-corrected chi connectivity index (χ0v) is 10.4. The van der Waals surface area contributed by atoms with Gasteiger partial charge in [0.05, 0.1) is 0 Å². The average Bonchev–Trinajstić information content (AvgIpc) is 2.41. The maximum Gasteiger partial charge on any atom is 0.126 e. The Hall–Kier alpha value is -1.83. The van der Waals surface area contributed by atoms with Crippen LogP contribution in [0.3, 0.4) is 0 Å². The summed E-state index contributed by atoms with van der Waals surface area (Å²) in [5, 5.41) is 3.45. The molecule has 0 bridgehead atoms. The molecule has 0 saturated carbocycles. The number of anilines is 1. The summed E-state index contributed by atoms with van der Waals surface area (Å²) in [5.74, 6) is 0.308. The number of benzene rings is 2. The summed E-state index contributed by atoms with van der Waals surface area (Å²) in [7, 11) is 0. The molecular formula is C16H16FN. The lowest BCUT2D eigenvalue weighted by atomic mass is 9.87. The zero-order chi connectivity index (χ0) is 12.5. The summed E-state index contributed by atoms with van der Waals surface area (Å²) in [6, 6.07) is 13.8. The molecule has 1 aliphatic heterocycles. The molecule has 0 aromatic heterocycles. The number of hydrogen-bond donors (Lipinski definition) is 1. The number of rotatable bonds is 1. The Balaban J connectivity index is 1.89. The second kappa shape index (κ2) is 4.45. The van der Waals surface area contributed by atoms with Gasteiger partial charge in [-0.1, -0.05) is 30.3 Å². The second-order valence-corrected chi connectivity index (χ2v) is 4.95. The maximum absolute atomic E-state index is 13.3. The van der Waals surface area contributed by atoms with E-state index in [1.807, 2.05) is 25.1 Å². The lowest BCUT2D eigenvalue weighted by molar-refractivity contribution is 0.614. The molecule has 0 fully saturated rings. The summed E-state index contributed by atoms with van der Waals surface area (Å²) in [4.78, 5) is 0. The molecule has 1 aliphatic rings. The first-order chi connectivity index (χ1) is 8.74. The van der Waals surface area contributed by atoms with Crippen LogP contribution in [0, 0.1) is 12.7 Å². The highest BCUT2D eigenvalue weighted by molar-refractivity contribution is 5.54. The lowest BCUT2D eigenvalue weighted by Gasteiger charge is -2.26. The highest BCUT2D eigenvalue weighted by Crippen LogP contribution is 2.30. The first-order valence-corrected chi connectivity index (χ1v) is 6.32. The van der Waals surface area contributed by atoms with E-state index < -0.39 is 0 Å². The van der Waals surface area contributed by atoms with Gasteiger partial charge in [0.25, 0.3) is 0 Å². The number of hydrogen-bond acceptors (Lipinski definition) is 1. The van der Waals surface area contributed by atoms with Gasteiger partial charge in [-0.05, 0) is 42.2 Å². The van der Waals surface area contributed by atoms with Crippen LogP contribution in [-0.2, 0) is 6.42 Å². The molecule has 1 unspecified atom stereocenters. The third-order valence-corrected chi connectivity index (χ3v) is 3.68. The molecule has 2 aromatic rings. The van der Waals surface area contributed by atoms with E-state index in [2.05, 4.69) is 23.5 Å². The molecule has 1 N–H and O–H groups in total. The third kappa shape index (κ3) is 1.99. The van der Waals surface area contributed by atoms with Crippen molar-refractivity contribution >= 4 is 5.69 Å². The van der Waals surface area contributed by atoms with Crippen molar-refractivity contribution in [1.29, 1.82) is 0 Å².